The predicted molar refractivity (Wildman–Crippen MR) is 117 cm³/mol. The number of aliphatic imine (C=N–C) groups is 1. The van der Waals surface area contributed by atoms with Crippen LogP contribution >= 0.6 is 0 Å². The molecule has 2 rings (SSSR count). The highest BCUT2D eigenvalue weighted by Crippen LogP contribution is 2.19. The van der Waals surface area contributed by atoms with Crippen LogP contribution in [-0.2, 0) is 22.9 Å². The highest BCUT2D eigenvalue weighted by Gasteiger charge is 2.20. The largest absolute Gasteiger partial charge is 0.356 e. The maximum absolute atomic E-state index is 11.4. The van der Waals surface area contributed by atoms with E-state index in [1.807, 2.05) is 0 Å². The molecule has 0 unspecified atom stereocenters. The highest BCUT2D eigenvalue weighted by atomic mass is 32.2. The van der Waals surface area contributed by atoms with Gasteiger partial charge in [0.25, 0.3) is 0 Å². The van der Waals surface area contributed by atoms with E-state index in [4.69, 9.17) is 0 Å². The number of guanidine groups is 1. The molecule has 1 aromatic rings. The summed E-state index contributed by atoms with van der Waals surface area (Å²) in [6.45, 7) is 8.97. The van der Waals surface area contributed by atoms with E-state index in [1.54, 1.807) is 7.05 Å². The first-order valence-electron chi connectivity index (χ1n) is 10.1. The topological polar surface area (TPSA) is 73.8 Å². The van der Waals surface area contributed by atoms with Crippen molar-refractivity contribution in [2.75, 3.05) is 38.7 Å². The lowest BCUT2D eigenvalue weighted by molar-refractivity contribution is 0.331. The number of rotatable bonds is 9. The molecule has 1 aliphatic rings. The van der Waals surface area contributed by atoms with Crippen LogP contribution in [0.2, 0.25) is 0 Å². The lowest BCUT2D eigenvalue weighted by atomic mass is 9.90. The van der Waals surface area contributed by atoms with E-state index in [1.165, 1.54) is 43.3 Å². The van der Waals surface area contributed by atoms with E-state index >= 15 is 0 Å². The SMILES string of the molecule is CN=C(NCc1ccc(CN2CCCC2)cc1)NCC(C)(C)CCS(C)(=O)=O. The van der Waals surface area contributed by atoms with Gasteiger partial charge < -0.3 is 10.6 Å². The van der Waals surface area contributed by atoms with Crippen molar-refractivity contribution in [1.82, 2.24) is 15.5 Å². The van der Waals surface area contributed by atoms with Crippen molar-refractivity contribution in [2.24, 2.45) is 10.4 Å². The van der Waals surface area contributed by atoms with Crippen molar-refractivity contribution in [3.8, 4) is 0 Å². The molecule has 6 nitrogen and oxygen atoms in total. The minimum atomic E-state index is -2.94. The molecule has 0 aliphatic carbocycles. The molecule has 28 heavy (non-hydrogen) atoms. The van der Waals surface area contributed by atoms with E-state index in [-0.39, 0.29) is 11.2 Å². The van der Waals surface area contributed by atoms with E-state index < -0.39 is 9.84 Å². The second-order valence-electron chi connectivity index (χ2n) is 8.62. The summed E-state index contributed by atoms with van der Waals surface area (Å²) in [5, 5.41) is 6.65. The Morgan fingerprint density at radius 2 is 1.71 bits per heavy atom. The standard InChI is InChI=1S/C21H36N4O2S/c1-21(2,11-14-28(4,26)27)17-24-20(22-3)23-15-18-7-9-19(10-8-18)16-25-12-5-6-13-25/h7-10H,5-6,11-17H2,1-4H3,(H2,22,23,24). The zero-order chi connectivity index (χ0) is 20.6. The Morgan fingerprint density at radius 1 is 1.11 bits per heavy atom. The van der Waals surface area contributed by atoms with Gasteiger partial charge in [0, 0.05) is 32.9 Å². The summed E-state index contributed by atoms with van der Waals surface area (Å²) in [5.41, 5.74) is 2.45. The molecule has 7 heteroatoms. The smallest absolute Gasteiger partial charge is 0.191 e. The molecule has 158 valence electrons. The van der Waals surface area contributed by atoms with Crippen LogP contribution in [0, 0.1) is 5.41 Å². The second-order valence-corrected chi connectivity index (χ2v) is 10.9. The van der Waals surface area contributed by atoms with Crippen LogP contribution in [0.3, 0.4) is 0 Å². The zero-order valence-corrected chi connectivity index (χ0v) is 18.6. The van der Waals surface area contributed by atoms with E-state index in [9.17, 15) is 8.42 Å². The van der Waals surface area contributed by atoms with Crippen LogP contribution in [-0.4, -0.2) is 58.0 Å². The van der Waals surface area contributed by atoms with Gasteiger partial charge in [-0.3, -0.25) is 9.89 Å². The third kappa shape index (κ3) is 8.61. The summed E-state index contributed by atoms with van der Waals surface area (Å²) in [6.07, 6.45) is 4.54. The van der Waals surface area contributed by atoms with E-state index in [0.717, 1.165) is 12.5 Å². The molecular weight excluding hydrogens is 372 g/mol. The summed E-state index contributed by atoms with van der Waals surface area (Å²) in [7, 11) is -1.19. The molecule has 1 saturated heterocycles. The number of hydrogen-bond donors (Lipinski definition) is 2. The number of nitrogens with one attached hydrogen (secondary N) is 2. The number of sulfone groups is 1. The van der Waals surface area contributed by atoms with Crippen LogP contribution in [0.4, 0.5) is 0 Å². The average molecular weight is 409 g/mol. The molecule has 0 radical (unpaired) electrons. The van der Waals surface area contributed by atoms with Crippen molar-refractivity contribution in [1.29, 1.82) is 0 Å². The Bertz CT molecular complexity index is 736. The van der Waals surface area contributed by atoms with Gasteiger partial charge in [0.1, 0.15) is 9.84 Å². The first-order valence-corrected chi connectivity index (χ1v) is 12.2. The molecular formula is C21H36N4O2S. The van der Waals surface area contributed by atoms with Gasteiger partial charge in [-0.05, 0) is 48.9 Å². The molecule has 0 saturated carbocycles. The Labute approximate surface area is 170 Å². The van der Waals surface area contributed by atoms with Crippen molar-refractivity contribution < 1.29 is 8.42 Å². The summed E-state index contributed by atoms with van der Waals surface area (Å²) in [6, 6.07) is 8.75. The number of benzene rings is 1. The van der Waals surface area contributed by atoms with Gasteiger partial charge in [-0.15, -0.1) is 0 Å². The molecule has 2 N–H and O–H groups in total. The van der Waals surface area contributed by atoms with Crippen LogP contribution < -0.4 is 10.6 Å². The molecule has 1 aliphatic heterocycles. The lowest BCUT2D eigenvalue weighted by Gasteiger charge is -2.25. The van der Waals surface area contributed by atoms with Crippen molar-refractivity contribution >= 4 is 15.8 Å². The van der Waals surface area contributed by atoms with Crippen molar-refractivity contribution in [3.63, 3.8) is 0 Å². The number of likely N-dealkylation sites (tertiary alicyclic amines) is 1. The maximum Gasteiger partial charge on any atom is 0.191 e. The normalized spacial score (nSPS) is 16.4. The number of nitrogens with zero attached hydrogens (tertiary/aromatic N) is 2. The molecule has 0 bridgehead atoms. The molecule has 1 fully saturated rings. The predicted octanol–water partition coefficient (Wildman–Crippen LogP) is 2.41. The monoisotopic (exact) mass is 408 g/mol. The average Bonchev–Trinajstić information content (AvgIpc) is 3.14. The maximum atomic E-state index is 11.4. The fourth-order valence-electron chi connectivity index (χ4n) is 3.24. The van der Waals surface area contributed by atoms with E-state index in [0.29, 0.717) is 19.5 Å². The first kappa shape index (κ1) is 22.7. The third-order valence-electron chi connectivity index (χ3n) is 5.20. The van der Waals surface area contributed by atoms with Gasteiger partial charge in [-0.2, -0.15) is 0 Å². The molecule has 0 aromatic heterocycles. The van der Waals surface area contributed by atoms with Crippen molar-refractivity contribution in [2.45, 2.75) is 46.2 Å². The molecule has 1 heterocycles. The summed E-state index contributed by atoms with van der Waals surface area (Å²) in [4.78, 5) is 6.78. The fraction of sp³-hybridized carbons (Fsp3) is 0.667. The molecule has 1 aromatic carbocycles. The molecule has 0 spiro atoms. The first-order chi connectivity index (χ1) is 13.2. The van der Waals surface area contributed by atoms with Gasteiger partial charge in [0.2, 0.25) is 0 Å². The van der Waals surface area contributed by atoms with Crippen LogP contribution in [0.5, 0.6) is 0 Å². The van der Waals surface area contributed by atoms with Crippen molar-refractivity contribution in [3.05, 3.63) is 35.4 Å². The Balaban J connectivity index is 1.76. The van der Waals surface area contributed by atoms with E-state index in [2.05, 4.69) is 58.6 Å². The van der Waals surface area contributed by atoms with Gasteiger partial charge in [-0.25, -0.2) is 8.42 Å². The van der Waals surface area contributed by atoms with Crippen LogP contribution in [0.15, 0.2) is 29.3 Å². The van der Waals surface area contributed by atoms with Crippen LogP contribution in [0.1, 0.15) is 44.2 Å². The van der Waals surface area contributed by atoms with Crippen LogP contribution in [0.25, 0.3) is 0 Å². The van der Waals surface area contributed by atoms with Gasteiger partial charge in [0.15, 0.2) is 5.96 Å². The highest BCUT2D eigenvalue weighted by molar-refractivity contribution is 7.90. The molecule has 0 atom stereocenters. The zero-order valence-electron chi connectivity index (χ0n) is 17.8. The Hall–Kier alpha value is -1.60. The summed E-state index contributed by atoms with van der Waals surface area (Å²) in [5.74, 6) is 0.936. The minimum Gasteiger partial charge on any atom is -0.356 e. The Kier molecular flexibility index (Phi) is 8.31. The quantitative estimate of drug-likeness (QED) is 0.485. The molecule has 0 amide bonds. The summed E-state index contributed by atoms with van der Waals surface area (Å²) >= 11 is 0. The van der Waals surface area contributed by atoms with Gasteiger partial charge in [0.05, 0.1) is 5.75 Å². The third-order valence-corrected chi connectivity index (χ3v) is 6.14. The Morgan fingerprint density at radius 3 is 2.29 bits per heavy atom. The fourth-order valence-corrected chi connectivity index (χ4v) is 4.16. The summed E-state index contributed by atoms with van der Waals surface area (Å²) < 4.78 is 22.8. The second kappa shape index (κ2) is 10.3. The van der Waals surface area contributed by atoms with Gasteiger partial charge in [-0.1, -0.05) is 38.1 Å². The number of hydrogen-bond acceptors (Lipinski definition) is 4. The minimum absolute atomic E-state index is 0.127. The lowest BCUT2D eigenvalue weighted by Crippen LogP contribution is -2.42. The van der Waals surface area contributed by atoms with Gasteiger partial charge >= 0.3 is 0 Å².